The number of nitrogens with zero attached hydrogens (tertiary/aromatic N) is 1. The quantitative estimate of drug-likeness (QED) is 0.571. The third-order valence-corrected chi connectivity index (χ3v) is 7.60. The van der Waals surface area contributed by atoms with E-state index in [9.17, 15) is 9.18 Å². The van der Waals surface area contributed by atoms with E-state index in [4.69, 9.17) is 11.6 Å². The fraction of sp³-hybridized carbons (Fsp3) is 0.350. The first-order chi connectivity index (χ1) is 13.0. The summed E-state index contributed by atoms with van der Waals surface area (Å²) in [6.07, 6.45) is 2.38. The minimum atomic E-state index is -0.326. The number of carbonyl (C=O) groups excluding carboxylic acids is 1. The van der Waals surface area contributed by atoms with Gasteiger partial charge in [0.05, 0.1) is 11.1 Å². The van der Waals surface area contributed by atoms with Crippen molar-refractivity contribution in [3.05, 3.63) is 56.3 Å². The zero-order chi connectivity index (χ0) is 19.0. The number of fused-ring (bicyclic) bond motifs is 1. The number of halogens is 2. The number of hydrogen-bond acceptors (Lipinski definition) is 4. The molecular weight excluding hydrogens is 403 g/mol. The fourth-order valence-electron chi connectivity index (χ4n) is 3.76. The molecule has 1 aliphatic heterocycles. The number of nitrogens with one attached hydrogen (secondary N) is 1. The van der Waals surface area contributed by atoms with Crippen LogP contribution < -0.4 is 5.32 Å². The topological polar surface area (TPSA) is 32.3 Å². The van der Waals surface area contributed by atoms with Crippen molar-refractivity contribution < 1.29 is 9.18 Å². The van der Waals surface area contributed by atoms with Crippen LogP contribution in [0.5, 0.6) is 0 Å². The molecule has 7 heteroatoms. The number of likely N-dealkylation sites (tertiary alicyclic amines) is 1. The summed E-state index contributed by atoms with van der Waals surface area (Å²) in [5.41, 5.74) is 0. The lowest BCUT2D eigenvalue weighted by Crippen LogP contribution is -2.43. The van der Waals surface area contributed by atoms with Gasteiger partial charge in [-0.05, 0) is 62.5 Å². The summed E-state index contributed by atoms with van der Waals surface area (Å²) in [7, 11) is 0. The second-order valence-corrected chi connectivity index (χ2v) is 9.26. The average Bonchev–Trinajstić information content (AvgIpc) is 3.37. The number of benzene rings is 1. The monoisotopic (exact) mass is 422 g/mol. The van der Waals surface area contributed by atoms with Crippen molar-refractivity contribution in [2.45, 2.75) is 31.8 Å². The maximum absolute atomic E-state index is 13.5. The van der Waals surface area contributed by atoms with Crippen molar-refractivity contribution >= 4 is 50.3 Å². The van der Waals surface area contributed by atoms with Crippen LogP contribution in [0.1, 0.15) is 40.4 Å². The lowest BCUT2D eigenvalue weighted by atomic mass is 10.1. The standard InChI is InChI=1S/C20H20ClFN2OS2/c1-12(18(15-5-4-10-26-15)24-8-2-3-9-24)23-20(25)19-17(21)14-7-6-13(22)11-16(14)27-19/h4-7,10-12,18H,2-3,8-9H2,1H3,(H,23,25). The number of thiophene rings is 2. The lowest BCUT2D eigenvalue weighted by molar-refractivity contribution is 0.0912. The molecule has 0 spiro atoms. The highest BCUT2D eigenvalue weighted by atomic mass is 35.5. The Bertz CT molecular complexity index is 950. The van der Waals surface area contributed by atoms with E-state index in [2.05, 4.69) is 27.7 Å². The van der Waals surface area contributed by atoms with Crippen LogP contribution in [0.4, 0.5) is 4.39 Å². The average molecular weight is 423 g/mol. The Hall–Kier alpha value is -1.47. The molecule has 4 rings (SSSR count). The molecule has 3 heterocycles. The van der Waals surface area contributed by atoms with E-state index < -0.39 is 0 Å². The summed E-state index contributed by atoms with van der Waals surface area (Å²) >= 11 is 9.37. The lowest BCUT2D eigenvalue weighted by Gasteiger charge is -2.32. The van der Waals surface area contributed by atoms with Crippen molar-refractivity contribution in [1.82, 2.24) is 10.2 Å². The van der Waals surface area contributed by atoms with Gasteiger partial charge >= 0.3 is 0 Å². The molecule has 1 saturated heterocycles. The molecular formula is C20H20ClFN2OS2. The van der Waals surface area contributed by atoms with Crippen molar-refractivity contribution in [3.63, 3.8) is 0 Å². The van der Waals surface area contributed by atoms with Crippen LogP contribution in [0.3, 0.4) is 0 Å². The second-order valence-electron chi connectivity index (χ2n) is 6.85. The van der Waals surface area contributed by atoms with Crippen molar-refractivity contribution in [2.75, 3.05) is 13.1 Å². The summed E-state index contributed by atoms with van der Waals surface area (Å²) < 4.78 is 14.2. The predicted octanol–water partition coefficient (Wildman–Crippen LogP) is 5.71. The highest BCUT2D eigenvalue weighted by molar-refractivity contribution is 7.21. The van der Waals surface area contributed by atoms with E-state index in [1.54, 1.807) is 17.4 Å². The molecule has 2 atom stereocenters. The Balaban J connectivity index is 1.58. The highest BCUT2D eigenvalue weighted by Crippen LogP contribution is 2.36. The zero-order valence-corrected chi connectivity index (χ0v) is 17.3. The molecule has 2 aromatic heterocycles. The Kier molecular flexibility index (Phi) is 5.50. The van der Waals surface area contributed by atoms with Gasteiger partial charge in [0, 0.05) is 21.0 Å². The van der Waals surface area contributed by atoms with Crippen LogP contribution in [-0.4, -0.2) is 29.9 Å². The molecule has 142 valence electrons. The first-order valence-electron chi connectivity index (χ1n) is 9.00. The predicted molar refractivity (Wildman–Crippen MR) is 112 cm³/mol. The molecule has 27 heavy (non-hydrogen) atoms. The van der Waals surface area contributed by atoms with E-state index in [0.29, 0.717) is 14.6 Å². The molecule has 0 saturated carbocycles. The van der Waals surface area contributed by atoms with Gasteiger partial charge in [0.2, 0.25) is 0 Å². The summed E-state index contributed by atoms with van der Waals surface area (Å²) in [5, 5.41) is 6.32. The third kappa shape index (κ3) is 3.76. The molecule has 1 aliphatic rings. The van der Waals surface area contributed by atoms with E-state index >= 15 is 0 Å². The zero-order valence-electron chi connectivity index (χ0n) is 14.9. The Morgan fingerprint density at radius 1 is 1.30 bits per heavy atom. The van der Waals surface area contributed by atoms with Gasteiger partial charge in [0.25, 0.3) is 5.91 Å². The molecule has 1 N–H and O–H groups in total. The van der Waals surface area contributed by atoms with Crippen LogP contribution in [0, 0.1) is 5.82 Å². The Morgan fingerprint density at radius 2 is 2.07 bits per heavy atom. The Labute approximate surface area is 170 Å². The maximum Gasteiger partial charge on any atom is 0.263 e. The maximum atomic E-state index is 13.5. The molecule has 3 nitrogen and oxygen atoms in total. The normalized spacial score (nSPS) is 17.3. The number of hydrogen-bond donors (Lipinski definition) is 1. The summed E-state index contributed by atoms with van der Waals surface area (Å²) in [5.74, 6) is -0.526. The highest BCUT2D eigenvalue weighted by Gasteiger charge is 2.31. The van der Waals surface area contributed by atoms with Gasteiger partial charge < -0.3 is 5.32 Å². The molecule has 1 aromatic carbocycles. The van der Waals surface area contributed by atoms with Crippen LogP contribution in [0.25, 0.3) is 10.1 Å². The SMILES string of the molecule is CC(NC(=O)c1sc2cc(F)ccc2c1Cl)C(c1cccs1)N1CCCC1. The van der Waals surface area contributed by atoms with E-state index in [0.717, 1.165) is 18.5 Å². The Morgan fingerprint density at radius 3 is 2.78 bits per heavy atom. The first-order valence-corrected chi connectivity index (χ1v) is 11.1. The minimum absolute atomic E-state index is 0.0627. The van der Waals surface area contributed by atoms with Gasteiger partial charge in [-0.25, -0.2) is 4.39 Å². The number of carbonyl (C=O) groups is 1. The number of amides is 1. The summed E-state index contributed by atoms with van der Waals surface area (Å²) in [4.78, 5) is 17.1. The van der Waals surface area contributed by atoms with Gasteiger partial charge in [0.15, 0.2) is 0 Å². The third-order valence-electron chi connectivity index (χ3n) is 5.00. The smallest absolute Gasteiger partial charge is 0.263 e. The van der Waals surface area contributed by atoms with Crippen LogP contribution in [-0.2, 0) is 0 Å². The fourth-order valence-corrected chi connectivity index (χ4v) is 6.17. The van der Waals surface area contributed by atoms with Crippen molar-refractivity contribution in [1.29, 1.82) is 0 Å². The van der Waals surface area contributed by atoms with E-state index in [1.807, 2.05) is 6.92 Å². The van der Waals surface area contributed by atoms with Gasteiger partial charge in [-0.15, -0.1) is 22.7 Å². The molecule has 0 bridgehead atoms. The summed E-state index contributed by atoms with van der Waals surface area (Å²) in [6, 6.07) is 8.69. The molecule has 1 amide bonds. The van der Waals surface area contributed by atoms with Gasteiger partial charge in [0.1, 0.15) is 10.7 Å². The number of rotatable bonds is 5. The van der Waals surface area contributed by atoms with Gasteiger partial charge in [-0.3, -0.25) is 9.69 Å². The molecule has 0 aliphatic carbocycles. The second kappa shape index (κ2) is 7.87. The van der Waals surface area contributed by atoms with Gasteiger partial charge in [-0.1, -0.05) is 17.7 Å². The molecule has 2 unspecified atom stereocenters. The van der Waals surface area contributed by atoms with Crippen LogP contribution >= 0.6 is 34.3 Å². The van der Waals surface area contributed by atoms with Crippen molar-refractivity contribution in [2.24, 2.45) is 0 Å². The van der Waals surface area contributed by atoms with Crippen LogP contribution in [0.2, 0.25) is 5.02 Å². The van der Waals surface area contributed by atoms with E-state index in [1.165, 1.54) is 41.2 Å². The van der Waals surface area contributed by atoms with E-state index in [-0.39, 0.29) is 23.8 Å². The molecule has 3 aromatic rings. The first kappa shape index (κ1) is 18.9. The summed E-state index contributed by atoms with van der Waals surface area (Å²) in [6.45, 7) is 4.14. The van der Waals surface area contributed by atoms with Gasteiger partial charge in [-0.2, -0.15) is 0 Å². The molecule has 1 fully saturated rings. The largest absolute Gasteiger partial charge is 0.347 e. The van der Waals surface area contributed by atoms with Crippen LogP contribution in [0.15, 0.2) is 35.7 Å². The van der Waals surface area contributed by atoms with Crippen molar-refractivity contribution in [3.8, 4) is 0 Å². The molecule has 0 radical (unpaired) electrons. The minimum Gasteiger partial charge on any atom is -0.347 e.